The Morgan fingerprint density at radius 2 is 1.79 bits per heavy atom. The third-order valence-electron chi connectivity index (χ3n) is 5.80. The van der Waals surface area contributed by atoms with Crippen molar-refractivity contribution in [2.45, 2.75) is 6.42 Å². The number of halogens is 1. The van der Waals surface area contributed by atoms with E-state index in [0.717, 1.165) is 35.6 Å². The molecule has 178 valence electrons. The topological polar surface area (TPSA) is 79.6 Å². The molecule has 2 aromatic heterocycles. The van der Waals surface area contributed by atoms with Crippen LogP contribution in [-0.4, -0.2) is 80.9 Å². The summed E-state index contributed by atoms with van der Waals surface area (Å²) in [5.74, 6) is 1.16. The highest BCUT2D eigenvalue weighted by atomic mass is 35.5. The number of methoxy groups -OCH3 is 2. The van der Waals surface area contributed by atoms with Crippen LogP contribution < -0.4 is 14.4 Å². The minimum atomic E-state index is -3.41. The van der Waals surface area contributed by atoms with Crippen molar-refractivity contribution in [3.8, 4) is 22.8 Å². The molecule has 0 atom stereocenters. The van der Waals surface area contributed by atoms with Crippen molar-refractivity contribution < 1.29 is 17.9 Å². The van der Waals surface area contributed by atoms with Crippen LogP contribution in [0.4, 0.5) is 5.69 Å². The van der Waals surface area contributed by atoms with E-state index in [0.29, 0.717) is 36.2 Å². The van der Waals surface area contributed by atoms with E-state index in [1.54, 1.807) is 44.8 Å². The zero-order valence-corrected chi connectivity index (χ0v) is 20.7. The molecule has 9 nitrogen and oxygen atoms in total. The molecule has 1 aliphatic heterocycles. The van der Waals surface area contributed by atoms with Crippen molar-refractivity contribution in [1.82, 2.24) is 18.0 Å². The molecule has 0 radical (unpaired) electrons. The number of anilines is 1. The smallest absolute Gasteiger partial charge is 0.281 e. The van der Waals surface area contributed by atoms with Gasteiger partial charge >= 0.3 is 0 Å². The molecular weight excluding hydrogens is 466 g/mol. The Bertz CT molecular complexity index is 1260. The van der Waals surface area contributed by atoms with Gasteiger partial charge in [0, 0.05) is 76.1 Å². The van der Waals surface area contributed by atoms with Crippen LogP contribution in [0, 0.1) is 0 Å². The first kappa shape index (κ1) is 23.6. The first-order valence-electron chi connectivity index (χ1n) is 10.6. The van der Waals surface area contributed by atoms with Crippen LogP contribution in [0.5, 0.6) is 11.5 Å². The Labute approximate surface area is 199 Å². The standard InChI is InChI=1S/C22H28ClN5O4S/c1-25(2)33(29,30)28-8-5-7-26(10-11-28)16-6-9-27-15-19(24-22(27)12-16)17-13-18(23)21(32-4)14-20(17)31-3/h6,9,12-15H,5,7-8,10-11H2,1-4H3. The fraction of sp³-hybridized carbons (Fsp3) is 0.409. The van der Waals surface area contributed by atoms with Crippen molar-refractivity contribution >= 4 is 33.1 Å². The van der Waals surface area contributed by atoms with Crippen molar-refractivity contribution in [2.75, 3.05) is 59.4 Å². The van der Waals surface area contributed by atoms with Gasteiger partial charge in [0.05, 0.1) is 24.9 Å². The largest absolute Gasteiger partial charge is 0.496 e. The Balaban J connectivity index is 1.61. The molecule has 1 saturated heterocycles. The van der Waals surface area contributed by atoms with Gasteiger partial charge in [-0.3, -0.25) is 0 Å². The van der Waals surface area contributed by atoms with Crippen molar-refractivity contribution in [3.05, 3.63) is 41.7 Å². The molecule has 0 aliphatic carbocycles. The van der Waals surface area contributed by atoms with E-state index in [1.165, 1.54) is 4.31 Å². The summed E-state index contributed by atoms with van der Waals surface area (Å²) >= 11 is 6.34. The number of ether oxygens (including phenoxy) is 2. The second-order valence-corrected chi connectivity index (χ2v) is 10.5. The number of fused-ring (bicyclic) bond motifs is 1. The summed E-state index contributed by atoms with van der Waals surface area (Å²) in [6, 6.07) is 7.57. The van der Waals surface area contributed by atoms with Gasteiger partial charge in [0.25, 0.3) is 10.2 Å². The van der Waals surface area contributed by atoms with Crippen LogP contribution in [0.3, 0.4) is 0 Å². The third-order valence-corrected chi connectivity index (χ3v) is 8.04. The number of hydrogen-bond donors (Lipinski definition) is 0. The molecular formula is C22H28ClN5O4S. The number of benzene rings is 1. The average Bonchev–Trinajstić information content (AvgIpc) is 3.05. The Kier molecular flexibility index (Phi) is 6.71. The normalized spacial score (nSPS) is 15.8. The van der Waals surface area contributed by atoms with E-state index in [2.05, 4.69) is 4.90 Å². The Morgan fingerprint density at radius 1 is 1.03 bits per heavy atom. The molecule has 1 aromatic carbocycles. The van der Waals surface area contributed by atoms with Gasteiger partial charge in [0.1, 0.15) is 17.1 Å². The summed E-state index contributed by atoms with van der Waals surface area (Å²) in [4.78, 5) is 6.99. The lowest BCUT2D eigenvalue weighted by atomic mass is 10.1. The van der Waals surface area contributed by atoms with Gasteiger partial charge in [0.15, 0.2) is 0 Å². The second kappa shape index (κ2) is 9.38. The van der Waals surface area contributed by atoms with Gasteiger partial charge in [-0.2, -0.15) is 17.0 Å². The molecule has 0 spiro atoms. The fourth-order valence-corrected chi connectivity index (χ4v) is 5.35. The maximum atomic E-state index is 12.5. The highest BCUT2D eigenvalue weighted by molar-refractivity contribution is 7.86. The molecule has 4 rings (SSSR count). The highest BCUT2D eigenvalue weighted by Crippen LogP contribution is 2.38. The van der Waals surface area contributed by atoms with Gasteiger partial charge in [-0.25, -0.2) is 4.98 Å². The monoisotopic (exact) mass is 493 g/mol. The number of pyridine rings is 1. The molecule has 0 unspecified atom stereocenters. The summed E-state index contributed by atoms with van der Waals surface area (Å²) in [5, 5.41) is 0.479. The highest BCUT2D eigenvalue weighted by Gasteiger charge is 2.27. The predicted octanol–water partition coefficient (Wildman–Crippen LogP) is 2.99. The summed E-state index contributed by atoms with van der Waals surface area (Å²) in [6.45, 7) is 2.32. The zero-order chi connectivity index (χ0) is 23.8. The number of nitrogens with zero attached hydrogens (tertiary/aromatic N) is 5. The van der Waals surface area contributed by atoms with E-state index in [1.807, 2.05) is 28.9 Å². The number of rotatable bonds is 6. The molecule has 1 fully saturated rings. The zero-order valence-electron chi connectivity index (χ0n) is 19.2. The molecule has 11 heteroatoms. The lowest BCUT2D eigenvalue weighted by molar-refractivity contribution is 0.390. The molecule has 3 aromatic rings. The third kappa shape index (κ3) is 4.61. The van der Waals surface area contributed by atoms with Crippen molar-refractivity contribution in [3.63, 3.8) is 0 Å². The maximum absolute atomic E-state index is 12.5. The molecule has 0 saturated carbocycles. The lowest BCUT2D eigenvalue weighted by Gasteiger charge is -2.25. The molecule has 3 heterocycles. The lowest BCUT2D eigenvalue weighted by Crippen LogP contribution is -2.42. The van der Waals surface area contributed by atoms with E-state index >= 15 is 0 Å². The number of imidazole rings is 1. The molecule has 0 amide bonds. The van der Waals surface area contributed by atoms with Crippen LogP contribution >= 0.6 is 11.6 Å². The summed E-state index contributed by atoms with van der Waals surface area (Å²) < 4.78 is 40.6. The minimum absolute atomic E-state index is 0.437. The van der Waals surface area contributed by atoms with Crippen molar-refractivity contribution in [1.29, 1.82) is 0 Å². The quantitative estimate of drug-likeness (QED) is 0.525. The molecule has 0 bridgehead atoms. The van der Waals surface area contributed by atoms with Crippen LogP contribution in [0.2, 0.25) is 5.02 Å². The molecule has 1 aliphatic rings. The van der Waals surface area contributed by atoms with E-state index in [-0.39, 0.29) is 0 Å². The Morgan fingerprint density at radius 3 is 2.48 bits per heavy atom. The minimum Gasteiger partial charge on any atom is -0.496 e. The van der Waals surface area contributed by atoms with Gasteiger partial charge in [-0.1, -0.05) is 11.6 Å². The van der Waals surface area contributed by atoms with E-state index in [4.69, 9.17) is 26.1 Å². The van der Waals surface area contributed by atoms with Gasteiger partial charge in [-0.05, 0) is 18.6 Å². The van der Waals surface area contributed by atoms with Gasteiger partial charge < -0.3 is 18.8 Å². The average molecular weight is 494 g/mol. The predicted molar refractivity (Wildman–Crippen MR) is 130 cm³/mol. The molecule has 33 heavy (non-hydrogen) atoms. The van der Waals surface area contributed by atoms with Gasteiger partial charge in [-0.15, -0.1) is 0 Å². The first-order valence-corrected chi connectivity index (χ1v) is 12.4. The summed E-state index contributed by atoms with van der Waals surface area (Å²) in [6.07, 6.45) is 4.63. The number of hydrogen-bond acceptors (Lipinski definition) is 6. The second-order valence-electron chi connectivity index (χ2n) is 7.99. The van der Waals surface area contributed by atoms with E-state index in [9.17, 15) is 8.42 Å². The SMILES string of the molecule is COc1cc(OC)c(-c2cn3ccc(N4CCCN(S(=O)(=O)N(C)C)CC4)cc3n2)cc1Cl. The maximum Gasteiger partial charge on any atom is 0.281 e. The number of aromatic nitrogens is 2. The summed E-state index contributed by atoms with van der Waals surface area (Å²) in [7, 11) is 2.87. The van der Waals surface area contributed by atoms with Crippen LogP contribution in [0.25, 0.3) is 16.9 Å². The Hall–Kier alpha value is -2.53. The van der Waals surface area contributed by atoms with Crippen molar-refractivity contribution in [2.24, 2.45) is 0 Å². The fourth-order valence-electron chi connectivity index (χ4n) is 3.97. The van der Waals surface area contributed by atoms with Crippen LogP contribution in [0.1, 0.15) is 6.42 Å². The van der Waals surface area contributed by atoms with Gasteiger partial charge in [0.2, 0.25) is 0 Å². The first-order chi connectivity index (χ1) is 15.7. The molecule has 0 N–H and O–H groups in total. The summed E-state index contributed by atoms with van der Waals surface area (Å²) in [5.41, 5.74) is 3.28. The van der Waals surface area contributed by atoms with Crippen LogP contribution in [-0.2, 0) is 10.2 Å². The van der Waals surface area contributed by atoms with E-state index < -0.39 is 10.2 Å². The van der Waals surface area contributed by atoms with Crippen LogP contribution in [0.15, 0.2) is 36.7 Å².